The minimum atomic E-state index is -0.799. The lowest BCUT2D eigenvalue weighted by atomic mass is 9.96. The Morgan fingerprint density at radius 1 is 1.43 bits per heavy atom. The van der Waals surface area contributed by atoms with Gasteiger partial charge in [-0.25, -0.2) is 4.98 Å². The molecule has 0 radical (unpaired) electrons. The van der Waals surface area contributed by atoms with E-state index in [1.54, 1.807) is 6.92 Å². The van der Waals surface area contributed by atoms with Crippen molar-refractivity contribution >= 4 is 11.7 Å². The summed E-state index contributed by atoms with van der Waals surface area (Å²) in [4.78, 5) is 19.0. The van der Waals surface area contributed by atoms with Gasteiger partial charge in [0.1, 0.15) is 5.82 Å². The van der Waals surface area contributed by atoms with Gasteiger partial charge in [0.25, 0.3) is 0 Å². The average Bonchev–Trinajstić information content (AvgIpc) is 2.54. The van der Waals surface area contributed by atoms with Crippen LogP contribution >= 0.6 is 0 Å². The van der Waals surface area contributed by atoms with E-state index in [0.717, 1.165) is 36.8 Å². The molecule has 1 fully saturated rings. The van der Waals surface area contributed by atoms with Gasteiger partial charge in [-0.15, -0.1) is 0 Å². The number of anilines is 1. The van der Waals surface area contributed by atoms with Crippen molar-refractivity contribution in [3.8, 4) is 0 Å². The maximum atomic E-state index is 12.1. The quantitative estimate of drug-likeness (QED) is 0.845. The number of amides is 1. The summed E-state index contributed by atoms with van der Waals surface area (Å²) in [5.74, 6) is 1.74. The second-order valence-corrected chi connectivity index (χ2v) is 7.04. The van der Waals surface area contributed by atoms with Gasteiger partial charge in [-0.3, -0.25) is 4.79 Å². The van der Waals surface area contributed by atoms with Crippen molar-refractivity contribution in [3.63, 3.8) is 0 Å². The summed E-state index contributed by atoms with van der Waals surface area (Å²) in [6.45, 7) is 8.74. The third-order valence-electron chi connectivity index (χ3n) is 4.66. The summed E-state index contributed by atoms with van der Waals surface area (Å²) in [5, 5.41) is 2.91. The van der Waals surface area contributed by atoms with E-state index in [0.29, 0.717) is 13.0 Å². The topological polar surface area (TPSA) is 71.2 Å². The van der Waals surface area contributed by atoms with Gasteiger partial charge in [0.15, 0.2) is 0 Å². The fraction of sp³-hybridized carbons (Fsp3) is 0.667. The molecule has 1 aromatic heterocycles. The molecule has 5 nitrogen and oxygen atoms in total. The second kappa shape index (κ2) is 7.77. The van der Waals surface area contributed by atoms with Crippen LogP contribution in [0.3, 0.4) is 0 Å². The van der Waals surface area contributed by atoms with Crippen molar-refractivity contribution in [1.29, 1.82) is 0 Å². The molecule has 1 saturated heterocycles. The maximum Gasteiger partial charge on any atom is 0.240 e. The van der Waals surface area contributed by atoms with Crippen LogP contribution < -0.4 is 16.0 Å². The third kappa shape index (κ3) is 4.93. The van der Waals surface area contributed by atoms with Gasteiger partial charge in [0.2, 0.25) is 5.91 Å². The van der Waals surface area contributed by atoms with Gasteiger partial charge in [-0.2, -0.15) is 0 Å². The first kappa shape index (κ1) is 17.7. The molecule has 1 unspecified atom stereocenters. The van der Waals surface area contributed by atoms with Gasteiger partial charge in [0.05, 0.1) is 5.54 Å². The molecular formula is C18H30N4O. The van der Waals surface area contributed by atoms with Gasteiger partial charge < -0.3 is 16.0 Å². The first-order chi connectivity index (χ1) is 10.9. The standard InChI is InChI=1S/C18H30N4O/c1-4-9-18(3,19)17(23)21-13-15-5-6-16(20-12-15)22-10-7-14(2)8-11-22/h5-6,12,14H,4,7-11,13,19H2,1-3H3,(H,21,23). The summed E-state index contributed by atoms with van der Waals surface area (Å²) in [6.07, 6.45) is 5.88. The highest BCUT2D eigenvalue weighted by atomic mass is 16.2. The Hall–Kier alpha value is -1.62. The zero-order valence-electron chi connectivity index (χ0n) is 14.6. The SMILES string of the molecule is CCCC(C)(N)C(=O)NCc1ccc(N2CCC(C)CC2)nc1. The number of piperidine rings is 1. The molecule has 128 valence electrons. The molecule has 2 rings (SSSR count). The predicted molar refractivity (Wildman–Crippen MR) is 94.2 cm³/mol. The molecule has 1 atom stereocenters. The van der Waals surface area contributed by atoms with Crippen LogP contribution in [-0.4, -0.2) is 29.5 Å². The Morgan fingerprint density at radius 3 is 2.70 bits per heavy atom. The van der Waals surface area contributed by atoms with Gasteiger partial charge in [0, 0.05) is 25.8 Å². The van der Waals surface area contributed by atoms with E-state index in [1.165, 1.54) is 12.8 Å². The Balaban J connectivity index is 1.87. The first-order valence-electron chi connectivity index (χ1n) is 8.69. The second-order valence-electron chi connectivity index (χ2n) is 7.04. The lowest BCUT2D eigenvalue weighted by Gasteiger charge is -2.31. The van der Waals surface area contributed by atoms with Crippen LogP contribution in [0.25, 0.3) is 0 Å². The number of nitrogens with zero attached hydrogens (tertiary/aromatic N) is 2. The van der Waals surface area contributed by atoms with Gasteiger partial charge in [-0.05, 0) is 43.7 Å². The number of rotatable bonds is 6. The van der Waals surface area contributed by atoms with Crippen LogP contribution in [-0.2, 0) is 11.3 Å². The van der Waals surface area contributed by atoms with Crippen molar-refractivity contribution in [1.82, 2.24) is 10.3 Å². The highest BCUT2D eigenvalue weighted by Gasteiger charge is 2.26. The maximum absolute atomic E-state index is 12.1. The molecule has 1 aliphatic rings. The normalized spacial score (nSPS) is 18.5. The molecule has 5 heteroatoms. The Morgan fingerprint density at radius 2 is 2.13 bits per heavy atom. The van der Waals surface area contributed by atoms with Crippen LogP contribution in [0, 0.1) is 5.92 Å². The van der Waals surface area contributed by atoms with Crippen LogP contribution in [0.4, 0.5) is 5.82 Å². The number of carbonyl (C=O) groups excluding carboxylic acids is 1. The number of nitrogens with one attached hydrogen (secondary N) is 1. The number of nitrogens with two attached hydrogens (primary N) is 1. The number of carbonyl (C=O) groups is 1. The molecule has 0 bridgehead atoms. The summed E-state index contributed by atoms with van der Waals surface area (Å²) >= 11 is 0. The average molecular weight is 318 g/mol. The minimum Gasteiger partial charge on any atom is -0.357 e. The molecule has 1 amide bonds. The van der Waals surface area contributed by atoms with Crippen LogP contribution in [0.2, 0.25) is 0 Å². The largest absolute Gasteiger partial charge is 0.357 e. The Bertz CT molecular complexity index is 504. The molecule has 0 spiro atoms. The van der Waals surface area contributed by atoms with E-state index in [1.807, 2.05) is 25.3 Å². The zero-order chi connectivity index (χ0) is 16.9. The van der Waals surface area contributed by atoms with E-state index in [2.05, 4.69) is 22.1 Å². The fourth-order valence-corrected chi connectivity index (χ4v) is 2.96. The first-order valence-corrected chi connectivity index (χ1v) is 8.69. The van der Waals surface area contributed by atoms with Crippen molar-refractivity contribution in [2.75, 3.05) is 18.0 Å². The summed E-state index contributed by atoms with van der Waals surface area (Å²) in [6, 6.07) is 4.08. The van der Waals surface area contributed by atoms with E-state index < -0.39 is 5.54 Å². The highest BCUT2D eigenvalue weighted by molar-refractivity contribution is 5.85. The molecule has 2 heterocycles. The molecule has 0 aromatic carbocycles. The highest BCUT2D eigenvalue weighted by Crippen LogP contribution is 2.21. The van der Waals surface area contributed by atoms with Crippen LogP contribution in [0.1, 0.15) is 52.0 Å². The predicted octanol–water partition coefficient (Wildman–Crippen LogP) is 2.45. The van der Waals surface area contributed by atoms with Crippen LogP contribution in [0.15, 0.2) is 18.3 Å². The molecule has 3 N–H and O–H groups in total. The fourth-order valence-electron chi connectivity index (χ4n) is 2.96. The van der Waals surface area contributed by atoms with Gasteiger partial charge >= 0.3 is 0 Å². The van der Waals surface area contributed by atoms with Crippen LogP contribution in [0.5, 0.6) is 0 Å². The third-order valence-corrected chi connectivity index (χ3v) is 4.66. The van der Waals surface area contributed by atoms with Crippen molar-refractivity contribution in [2.45, 2.75) is 58.5 Å². The zero-order valence-corrected chi connectivity index (χ0v) is 14.6. The lowest BCUT2D eigenvalue weighted by Crippen LogP contribution is -2.51. The lowest BCUT2D eigenvalue weighted by molar-refractivity contribution is -0.126. The number of pyridine rings is 1. The monoisotopic (exact) mass is 318 g/mol. The van der Waals surface area contributed by atoms with Crippen molar-refractivity contribution < 1.29 is 4.79 Å². The smallest absolute Gasteiger partial charge is 0.240 e. The van der Waals surface area contributed by atoms with E-state index in [-0.39, 0.29) is 5.91 Å². The van der Waals surface area contributed by atoms with E-state index in [4.69, 9.17) is 5.73 Å². The number of aromatic nitrogens is 1. The Kier molecular flexibility index (Phi) is 5.99. The minimum absolute atomic E-state index is 0.103. The summed E-state index contributed by atoms with van der Waals surface area (Å²) in [7, 11) is 0. The molecule has 23 heavy (non-hydrogen) atoms. The molecular weight excluding hydrogens is 288 g/mol. The molecule has 1 aliphatic heterocycles. The van der Waals surface area contributed by atoms with Crippen molar-refractivity contribution in [2.24, 2.45) is 11.7 Å². The molecule has 1 aromatic rings. The van der Waals surface area contributed by atoms with E-state index in [9.17, 15) is 4.79 Å². The summed E-state index contributed by atoms with van der Waals surface area (Å²) < 4.78 is 0. The van der Waals surface area contributed by atoms with Crippen molar-refractivity contribution in [3.05, 3.63) is 23.9 Å². The Labute approximate surface area is 139 Å². The molecule has 0 aliphatic carbocycles. The number of hydrogen-bond acceptors (Lipinski definition) is 4. The van der Waals surface area contributed by atoms with E-state index >= 15 is 0 Å². The summed E-state index contributed by atoms with van der Waals surface area (Å²) in [5.41, 5.74) is 6.23. The number of hydrogen-bond donors (Lipinski definition) is 2. The molecule has 0 saturated carbocycles. The van der Waals surface area contributed by atoms with Gasteiger partial charge in [-0.1, -0.05) is 26.3 Å².